The number of rotatable bonds is 4. The molecule has 2 atom stereocenters. The van der Waals surface area contributed by atoms with Crippen LogP contribution in [0.1, 0.15) is 63.4 Å². The van der Waals surface area contributed by atoms with Crippen LogP contribution >= 0.6 is 0 Å². The first kappa shape index (κ1) is 27.3. The molecule has 11 nitrogen and oxygen atoms in total. The fourth-order valence-corrected chi connectivity index (χ4v) is 4.41. The third kappa shape index (κ3) is 6.26. The Bertz CT molecular complexity index is 1020. The Labute approximate surface area is 211 Å². The quantitative estimate of drug-likeness (QED) is 0.527. The van der Waals surface area contributed by atoms with E-state index >= 15 is 0 Å². The predicted octanol–water partition coefficient (Wildman–Crippen LogP) is 2.12. The second-order valence-electron chi connectivity index (χ2n) is 9.75. The van der Waals surface area contributed by atoms with E-state index in [9.17, 15) is 24.3 Å². The van der Waals surface area contributed by atoms with Crippen LogP contribution in [0.2, 0.25) is 0 Å². The lowest BCUT2D eigenvalue weighted by molar-refractivity contribution is -0.134. The lowest BCUT2D eigenvalue weighted by atomic mass is 10.0. The van der Waals surface area contributed by atoms with Crippen molar-refractivity contribution in [2.45, 2.75) is 71.7 Å². The predicted molar refractivity (Wildman–Crippen MR) is 132 cm³/mol. The molecule has 36 heavy (non-hydrogen) atoms. The summed E-state index contributed by atoms with van der Waals surface area (Å²) in [5.74, 6) is -1.34. The lowest BCUT2D eigenvalue weighted by Crippen LogP contribution is -2.59. The number of piperidine rings is 1. The molecular formula is C25H36N4O7. The number of carboxylic acid groups (broad SMARTS) is 1. The standard InChI is InChI=1S/C23H30N4O7.C2H6/c1-23(2,3)34-22(32)26-6-7-27-14(11-26)12-33-18-9-15(21(30)31)13(8-17(18)27)10-24-16-4-5-19(28)25-20(16)29;1-2/h8-9,14,16,24H,4-7,10-12H2,1-3H3,(H,30,31)(H,25,28,29);1-2H3. The summed E-state index contributed by atoms with van der Waals surface area (Å²) in [5.41, 5.74) is 0.769. The summed E-state index contributed by atoms with van der Waals surface area (Å²) in [6, 6.07) is 2.61. The molecule has 1 aromatic rings. The summed E-state index contributed by atoms with van der Waals surface area (Å²) in [7, 11) is 0. The van der Waals surface area contributed by atoms with Crippen LogP contribution in [-0.2, 0) is 20.9 Å². The molecule has 0 aromatic heterocycles. The van der Waals surface area contributed by atoms with Crippen molar-refractivity contribution in [3.8, 4) is 5.75 Å². The molecule has 2 unspecified atom stereocenters. The van der Waals surface area contributed by atoms with Crippen molar-refractivity contribution >= 4 is 29.6 Å². The van der Waals surface area contributed by atoms with Crippen molar-refractivity contribution in [2.75, 3.05) is 31.1 Å². The smallest absolute Gasteiger partial charge is 0.410 e. The molecule has 2 fully saturated rings. The zero-order chi connectivity index (χ0) is 26.6. The number of hydrogen-bond acceptors (Lipinski definition) is 8. The van der Waals surface area contributed by atoms with Crippen LogP contribution in [0.5, 0.6) is 5.75 Å². The van der Waals surface area contributed by atoms with Crippen LogP contribution in [-0.4, -0.2) is 77.8 Å². The fraction of sp³-hybridized carbons (Fsp3) is 0.600. The molecule has 2 saturated heterocycles. The number of aromatic carboxylic acids is 1. The van der Waals surface area contributed by atoms with Gasteiger partial charge in [-0.05, 0) is 44.9 Å². The number of hydrogen-bond donors (Lipinski definition) is 3. The van der Waals surface area contributed by atoms with E-state index in [1.54, 1.807) is 11.0 Å². The Morgan fingerprint density at radius 1 is 1.22 bits per heavy atom. The lowest BCUT2D eigenvalue weighted by Gasteiger charge is -2.45. The number of carboxylic acids is 1. The Balaban J connectivity index is 0.00000176. The first-order valence-electron chi connectivity index (χ1n) is 12.4. The second-order valence-corrected chi connectivity index (χ2v) is 9.75. The summed E-state index contributed by atoms with van der Waals surface area (Å²) >= 11 is 0. The summed E-state index contributed by atoms with van der Waals surface area (Å²) in [6.45, 7) is 11.4. The Morgan fingerprint density at radius 2 is 1.94 bits per heavy atom. The molecule has 0 radical (unpaired) electrons. The highest BCUT2D eigenvalue weighted by Gasteiger charge is 2.37. The van der Waals surface area contributed by atoms with Gasteiger partial charge in [-0.1, -0.05) is 13.8 Å². The van der Waals surface area contributed by atoms with E-state index in [4.69, 9.17) is 9.47 Å². The highest BCUT2D eigenvalue weighted by Crippen LogP contribution is 2.38. The van der Waals surface area contributed by atoms with Gasteiger partial charge in [-0.3, -0.25) is 14.9 Å². The minimum absolute atomic E-state index is 0.0874. The summed E-state index contributed by atoms with van der Waals surface area (Å²) in [5, 5.41) is 15.1. The van der Waals surface area contributed by atoms with Gasteiger partial charge in [0.25, 0.3) is 0 Å². The Morgan fingerprint density at radius 3 is 2.58 bits per heavy atom. The topological polar surface area (TPSA) is 138 Å². The van der Waals surface area contributed by atoms with E-state index in [2.05, 4.69) is 15.5 Å². The van der Waals surface area contributed by atoms with Gasteiger partial charge in [0.1, 0.15) is 18.0 Å². The van der Waals surface area contributed by atoms with E-state index < -0.39 is 23.5 Å². The van der Waals surface area contributed by atoms with E-state index in [1.165, 1.54) is 6.07 Å². The molecule has 3 heterocycles. The summed E-state index contributed by atoms with van der Waals surface area (Å²) in [4.78, 5) is 51.6. The molecule has 198 valence electrons. The normalized spacial score (nSPS) is 21.2. The van der Waals surface area contributed by atoms with E-state index in [1.807, 2.05) is 34.6 Å². The monoisotopic (exact) mass is 504 g/mol. The van der Waals surface area contributed by atoms with Crippen molar-refractivity contribution in [3.63, 3.8) is 0 Å². The number of fused-ring (bicyclic) bond motifs is 3. The fourth-order valence-electron chi connectivity index (χ4n) is 4.41. The number of ether oxygens (including phenoxy) is 2. The van der Waals surface area contributed by atoms with Gasteiger partial charge in [-0.25, -0.2) is 9.59 Å². The largest absolute Gasteiger partial charge is 0.489 e. The van der Waals surface area contributed by atoms with E-state index in [0.717, 1.165) is 5.69 Å². The number of benzene rings is 1. The molecule has 1 aromatic carbocycles. The molecule has 3 amide bonds. The molecule has 4 rings (SSSR count). The van der Waals surface area contributed by atoms with Gasteiger partial charge in [0.05, 0.1) is 23.3 Å². The Kier molecular flexibility index (Phi) is 8.44. The van der Waals surface area contributed by atoms with Crippen molar-refractivity contribution in [3.05, 3.63) is 23.3 Å². The number of carbonyl (C=O) groups excluding carboxylic acids is 3. The number of nitrogens with zero attached hydrogens (tertiary/aromatic N) is 2. The third-order valence-corrected chi connectivity index (χ3v) is 6.07. The number of amides is 3. The minimum Gasteiger partial charge on any atom is -0.489 e. The van der Waals surface area contributed by atoms with Crippen molar-refractivity contribution in [1.82, 2.24) is 15.5 Å². The van der Waals surface area contributed by atoms with Crippen molar-refractivity contribution in [2.24, 2.45) is 0 Å². The minimum atomic E-state index is -1.09. The maximum Gasteiger partial charge on any atom is 0.410 e. The number of anilines is 1. The molecule has 3 N–H and O–H groups in total. The highest BCUT2D eigenvalue weighted by molar-refractivity contribution is 6.00. The van der Waals surface area contributed by atoms with Crippen LogP contribution in [0.4, 0.5) is 10.5 Å². The second kappa shape index (κ2) is 11.2. The highest BCUT2D eigenvalue weighted by atomic mass is 16.6. The summed E-state index contributed by atoms with van der Waals surface area (Å²) < 4.78 is 11.4. The van der Waals surface area contributed by atoms with E-state index in [0.29, 0.717) is 44.0 Å². The molecule has 0 spiro atoms. The van der Waals surface area contributed by atoms with Crippen LogP contribution in [0.25, 0.3) is 0 Å². The Hall–Kier alpha value is -3.34. The van der Waals surface area contributed by atoms with E-state index in [-0.39, 0.29) is 36.6 Å². The number of carbonyl (C=O) groups is 4. The SMILES string of the molecule is CC.CC(C)(C)OC(=O)N1CCN2c3cc(CNC4CCC(=O)NC4=O)c(C(=O)O)cc3OCC2C1. The summed E-state index contributed by atoms with van der Waals surface area (Å²) in [6.07, 6.45) is 0.223. The molecular weight excluding hydrogens is 468 g/mol. The van der Waals surface area contributed by atoms with Gasteiger partial charge < -0.3 is 29.7 Å². The van der Waals surface area contributed by atoms with Gasteiger partial charge in [-0.2, -0.15) is 0 Å². The maximum atomic E-state index is 12.5. The molecule has 0 bridgehead atoms. The average Bonchev–Trinajstić information content (AvgIpc) is 2.82. The van der Waals surface area contributed by atoms with Crippen LogP contribution in [0.3, 0.4) is 0 Å². The van der Waals surface area contributed by atoms with Gasteiger partial charge >= 0.3 is 12.1 Å². The maximum absolute atomic E-state index is 12.5. The molecule has 3 aliphatic rings. The first-order chi connectivity index (χ1) is 17.0. The average molecular weight is 505 g/mol. The number of nitrogens with one attached hydrogen (secondary N) is 2. The molecule has 3 aliphatic heterocycles. The van der Waals surface area contributed by atoms with Crippen LogP contribution < -0.4 is 20.3 Å². The number of imide groups is 1. The van der Waals surface area contributed by atoms with Gasteiger partial charge in [0, 0.05) is 32.6 Å². The van der Waals surface area contributed by atoms with Gasteiger partial charge in [0.15, 0.2) is 0 Å². The zero-order valence-corrected chi connectivity index (χ0v) is 21.6. The zero-order valence-electron chi connectivity index (χ0n) is 21.6. The van der Waals surface area contributed by atoms with Gasteiger partial charge in [0.2, 0.25) is 11.8 Å². The van der Waals surface area contributed by atoms with Crippen LogP contribution in [0, 0.1) is 0 Å². The van der Waals surface area contributed by atoms with Crippen molar-refractivity contribution in [1.29, 1.82) is 0 Å². The first-order valence-corrected chi connectivity index (χ1v) is 12.4. The van der Waals surface area contributed by atoms with Crippen molar-refractivity contribution < 1.29 is 33.8 Å². The number of piperazine rings is 1. The molecule has 0 saturated carbocycles. The molecule has 0 aliphatic carbocycles. The van der Waals surface area contributed by atoms with Gasteiger partial charge in [-0.15, -0.1) is 0 Å². The van der Waals surface area contributed by atoms with Crippen LogP contribution in [0.15, 0.2) is 12.1 Å². The third-order valence-electron chi connectivity index (χ3n) is 6.07. The molecule has 11 heteroatoms.